The zero-order valence-electron chi connectivity index (χ0n) is 40.7. The maximum atomic E-state index is 12.3. The van der Waals surface area contributed by atoms with E-state index in [2.05, 4.69) is 61.0 Å². The monoisotopic (exact) mass is 1190 g/mol. The molecule has 16 heteroatoms. The van der Waals surface area contributed by atoms with Gasteiger partial charge in [0.25, 0.3) is 0 Å². The number of rotatable bonds is 23. The van der Waals surface area contributed by atoms with Gasteiger partial charge in [0.2, 0.25) is 0 Å². The SMILES string of the molecule is C=C(OCC)c1nn(Cc2ccc3ncc(Cl)cc3c2)cc1C(=O)OCC.C=[C](OCC)[Sn]([CH2]CCC)([CH2]CCC)[CH2]CCC.CCOC(=O)c1cn(Cc2ccc3ncc(Cl)cc3c2)nc1I. The Kier molecular flexibility index (Phi) is 24.1. The summed E-state index contributed by atoms with van der Waals surface area (Å²) in [5.74, 6) is -0.458. The molecule has 0 aliphatic rings. The van der Waals surface area contributed by atoms with E-state index in [-0.39, 0.29) is 12.6 Å². The first-order valence-corrected chi connectivity index (χ1v) is 32.9. The van der Waals surface area contributed by atoms with Crippen LogP contribution in [0.5, 0.6) is 0 Å². The van der Waals surface area contributed by atoms with Gasteiger partial charge in [0.05, 0.1) is 54.0 Å². The van der Waals surface area contributed by atoms with Gasteiger partial charge in [0.1, 0.15) is 26.3 Å². The van der Waals surface area contributed by atoms with Crippen molar-refractivity contribution in [1.82, 2.24) is 29.5 Å². The summed E-state index contributed by atoms with van der Waals surface area (Å²) < 4.78 is 31.2. The molecule has 0 saturated carbocycles. The number of carbonyl (C=O) groups is 2. The topological polar surface area (TPSA) is 132 Å². The van der Waals surface area contributed by atoms with Gasteiger partial charge in [-0.3, -0.25) is 19.3 Å². The Balaban J connectivity index is 0.000000228. The third-order valence-corrected chi connectivity index (χ3v) is 27.3. The standard InChI is InChI=1S/C20H20ClN3O3.C16H13ClIN3O2.C4H7O.3C4H9.Sn/c1-4-26-13(3)19-17(20(25)27-5-2)12-24(23-19)11-14-6-7-18-15(8-14)9-16(21)10-22-18;1-2-23-16(22)13-9-21(20-15(13)18)8-10-3-4-14-11(5-10)6-12(17)7-19-14;1-3-5-4-2;3*1-3-4-2;/h6-10,12H,3-5,11H2,1-2H3;3-7,9H,2,8H2,1H3;1,4H2,2H3;3*1,3-4H2,2H3;. The van der Waals surface area contributed by atoms with Crippen molar-refractivity contribution in [3.05, 3.63) is 132 Å². The Morgan fingerprint density at radius 1 is 0.618 bits per heavy atom. The van der Waals surface area contributed by atoms with Crippen LogP contribution in [0.15, 0.2) is 90.3 Å². The molecule has 6 aromatic rings. The number of nitrogens with zero attached hydrogens (tertiary/aromatic N) is 6. The molecule has 68 heavy (non-hydrogen) atoms. The molecule has 0 radical (unpaired) electrons. The van der Waals surface area contributed by atoms with Crippen LogP contribution in [0.2, 0.25) is 23.4 Å². The summed E-state index contributed by atoms with van der Waals surface area (Å²) in [7, 11) is 0. The van der Waals surface area contributed by atoms with Crippen molar-refractivity contribution in [2.75, 3.05) is 26.4 Å². The minimum Gasteiger partial charge on any atom is -0.462 e. The fourth-order valence-electron chi connectivity index (χ4n) is 7.68. The number of benzene rings is 2. The zero-order valence-corrected chi connectivity index (χ0v) is 47.2. The van der Waals surface area contributed by atoms with Gasteiger partial charge in [-0.05, 0) is 90.9 Å². The van der Waals surface area contributed by atoms with Gasteiger partial charge in [0, 0.05) is 35.6 Å². The first kappa shape index (κ1) is 56.4. The van der Waals surface area contributed by atoms with Gasteiger partial charge in [-0.2, -0.15) is 10.2 Å². The van der Waals surface area contributed by atoms with Crippen molar-refractivity contribution in [2.45, 2.75) is 113 Å². The van der Waals surface area contributed by atoms with E-state index in [1.807, 2.05) is 78.0 Å². The van der Waals surface area contributed by atoms with Crippen LogP contribution in [0.25, 0.3) is 27.6 Å². The number of esters is 2. The van der Waals surface area contributed by atoms with Gasteiger partial charge in [-0.15, -0.1) is 0 Å². The van der Waals surface area contributed by atoms with E-state index in [1.54, 1.807) is 48.0 Å². The van der Waals surface area contributed by atoms with E-state index in [0.29, 0.717) is 62.6 Å². The molecule has 4 heterocycles. The smallest absolute Gasteiger partial charge is 0.342 e. The van der Waals surface area contributed by atoms with E-state index in [9.17, 15) is 9.59 Å². The number of hydrogen-bond donors (Lipinski definition) is 0. The maximum absolute atomic E-state index is 12.3. The molecule has 0 bridgehead atoms. The van der Waals surface area contributed by atoms with Crippen molar-refractivity contribution >= 4 is 104 Å². The number of carbonyl (C=O) groups excluding carboxylic acids is 2. The van der Waals surface area contributed by atoms with Crippen LogP contribution in [0.4, 0.5) is 0 Å². The normalized spacial score (nSPS) is 11.0. The number of halogens is 3. The van der Waals surface area contributed by atoms with Crippen molar-refractivity contribution in [3.8, 4) is 0 Å². The van der Waals surface area contributed by atoms with Crippen LogP contribution in [-0.4, -0.2) is 86.3 Å². The quantitative estimate of drug-likeness (QED) is 0.0264. The molecule has 0 unspecified atom stereocenters. The second kappa shape index (κ2) is 29.1. The summed E-state index contributed by atoms with van der Waals surface area (Å²) in [5, 5.41) is 11.9. The summed E-state index contributed by atoms with van der Waals surface area (Å²) in [4.78, 5) is 32.7. The molecule has 4 aromatic heterocycles. The number of ether oxygens (including phenoxy) is 4. The van der Waals surface area contributed by atoms with E-state index in [1.165, 1.54) is 55.6 Å². The molecule has 0 N–H and O–H groups in total. The van der Waals surface area contributed by atoms with Gasteiger partial charge >= 0.3 is 132 Å². The molecule has 6 rings (SSSR count). The largest absolute Gasteiger partial charge is 0.462 e. The molecular weight excluding hydrogens is 1120 g/mol. The average Bonchev–Trinajstić information content (AvgIpc) is 3.92. The number of fused-ring (bicyclic) bond motifs is 2. The minimum atomic E-state index is -2.24. The molecule has 0 saturated heterocycles. The number of aromatic nitrogens is 6. The summed E-state index contributed by atoms with van der Waals surface area (Å²) in [6.45, 7) is 25.5. The fourth-order valence-corrected chi connectivity index (χ4v) is 23.3. The number of pyridine rings is 2. The Labute approximate surface area is 430 Å². The molecule has 0 aliphatic carbocycles. The van der Waals surface area contributed by atoms with Crippen molar-refractivity contribution < 1.29 is 28.5 Å². The third-order valence-electron chi connectivity index (χ3n) is 11.1. The van der Waals surface area contributed by atoms with Crippen LogP contribution in [0.3, 0.4) is 0 Å². The predicted molar refractivity (Wildman–Crippen MR) is 287 cm³/mol. The Morgan fingerprint density at radius 2 is 1.06 bits per heavy atom. The van der Waals surface area contributed by atoms with Crippen molar-refractivity contribution in [3.63, 3.8) is 0 Å². The molecule has 366 valence electrons. The van der Waals surface area contributed by atoms with Gasteiger partial charge in [0.15, 0.2) is 0 Å². The molecule has 12 nitrogen and oxygen atoms in total. The molecule has 0 aliphatic heterocycles. The summed E-state index contributed by atoms with van der Waals surface area (Å²) in [6.07, 6.45) is 14.7. The molecule has 2 aromatic carbocycles. The number of unbranched alkanes of at least 4 members (excludes halogenated alkanes) is 3. The van der Waals surface area contributed by atoms with Crippen LogP contribution in [0, 0.1) is 3.70 Å². The first-order chi connectivity index (χ1) is 32.7. The summed E-state index contributed by atoms with van der Waals surface area (Å²) in [6, 6.07) is 15.6. The van der Waals surface area contributed by atoms with Gasteiger partial charge in [-0.1, -0.05) is 41.9 Å². The van der Waals surface area contributed by atoms with Crippen LogP contribution >= 0.6 is 45.8 Å². The van der Waals surface area contributed by atoms with E-state index in [0.717, 1.165) is 39.5 Å². The second-order valence-electron chi connectivity index (χ2n) is 16.2. The third kappa shape index (κ3) is 16.8. The molecule has 0 fully saturated rings. The zero-order chi connectivity index (χ0) is 49.6. The molecule has 0 atom stereocenters. The Morgan fingerprint density at radius 3 is 1.51 bits per heavy atom. The maximum Gasteiger partial charge on any atom is 0.342 e. The Hall–Kier alpha value is -4.19. The van der Waals surface area contributed by atoms with Gasteiger partial charge < -0.3 is 14.2 Å². The number of hydrogen-bond acceptors (Lipinski definition) is 10. The summed E-state index contributed by atoms with van der Waals surface area (Å²) >= 11 is 11.8. The van der Waals surface area contributed by atoms with Crippen molar-refractivity contribution in [1.29, 1.82) is 0 Å². The Bertz CT molecular complexity index is 2540. The van der Waals surface area contributed by atoms with Crippen LogP contribution in [0.1, 0.15) is 125 Å². The molecule has 0 spiro atoms. The first-order valence-electron chi connectivity index (χ1n) is 23.6. The molecule has 0 amide bonds. The van der Waals surface area contributed by atoms with Gasteiger partial charge in [-0.25, -0.2) is 9.59 Å². The average molecular weight is 1190 g/mol. The second-order valence-corrected chi connectivity index (χ2v) is 31.3. The van der Waals surface area contributed by atoms with Crippen LogP contribution in [-0.2, 0) is 32.0 Å². The van der Waals surface area contributed by atoms with E-state index >= 15 is 0 Å². The fraction of sp³-hybridized carbons (Fsp3) is 0.423. The van der Waals surface area contributed by atoms with E-state index < -0.39 is 24.3 Å². The van der Waals surface area contributed by atoms with E-state index in [4.69, 9.17) is 42.1 Å². The van der Waals surface area contributed by atoms with Crippen molar-refractivity contribution in [2.24, 2.45) is 0 Å². The summed E-state index contributed by atoms with van der Waals surface area (Å²) in [5.41, 5.74) is 5.01. The predicted octanol–water partition coefficient (Wildman–Crippen LogP) is 14.2. The minimum absolute atomic E-state index is 0.281. The molecular formula is C52H67Cl2IN6O6Sn. The van der Waals surface area contributed by atoms with Crippen LogP contribution < -0.4 is 0 Å².